The SMILES string of the molecule is O=C1NC[C@H](CC2CC2)O1. The Morgan fingerprint density at radius 1 is 1.60 bits per heavy atom. The lowest BCUT2D eigenvalue weighted by Crippen LogP contribution is -2.15. The summed E-state index contributed by atoms with van der Waals surface area (Å²) in [5.74, 6) is 0.845. The summed E-state index contributed by atoms with van der Waals surface area (Å²) >= 11 is 0. The number of ether oxygens (including phenoxy) is 1. The molecule has 0 aromatic rings. The van der Waals surface area contributed by atoms with Crippen molar-refractivity contribution in [1.29, 1.82) is 0 Å². The van der Waals surface area contributed by atoms with Gasteiger partial charge in [0.1, 0.15) is 6.10 Å². The molecule has 2 aliphatic rings. The maximum Gasteiger partial charge on any atom is 0.407 e. The Bertz CT molecular complexity index is 154. The quantitative estimate of drug-likeness (QED) is 0.620. The molecular weight excluding hydrogens is 130 g/mol. The number of cyclic esters (lactones) is 1. The van der Waals surface area contributed by atoms with Gasteiger partial charge in [0.2, 0.25) is 0 Å². The van der Waals surface area contributed by atoms with Crippen molar-refractivity contribution in [1.82, 2.24) is 5.32 Å². The van der Waals surface area contributed by atoms with Crippen LogP contribution in [-0.2, 0) is 4.74 Å². The normalized spacial score (nSPS) is 31.6. The Balaban J connectivity index is 1.77. The highest BCUT2D eigenvalue weighted by Crippen LogP contribution is 2.34. The van der Waals surface area contributed by atoms with E-state index in [1.807, 2.05) is 0 Å². The van der Waals surface area contributed by atoms with Crippen LogP contribution in [0.15, 0.2) is 0 Å². The molecule has 1 atom stereocenters. The third-order valence-corrected chi connectivity index (χ3v) is 2.04. The second kappa shape index (κ2) is 2.15. The maximum atomic E-state index is 10.5. The topological polar surface area (TPSA) is 38.3 Å². The van der Waals surface area contributed by atoms with Crippen LogP contribution in [0.3, 0.4) is 0 Å². The predicted molar refractivity (Wildman–Crippen MR) is 35.6 cm³/mol. The number of hydrogen-bond donors (Lipinski definition) is 1. The molecule has 0 bridgehead atoms. The van der Waals surface area contributed by atoms with Gasteiger partial charge in [-0.25, -0.2) is 4.79 Å². The number of carbonyl (C=O) groups is 1. The second-order valence-corrected chi connectivity index (χ2v) is 3.09. The van der Waals surface area contributed by atoms with Gasteiger partial charge in [0.05, 0.1) is 6.54 Å². The Hall–Kier alpha value is -0.730. The molecule has 1 amide bonds. The molecule has 1 aliphatic carbocycles. The Morgan fingerprint density at radius 3 is 2.90 bits per heavy atom. The van der Waals surface area contributed by atoms with E-state index in [0.717, 1.165) is 18.9 Å². The molecule has 56 valence electrons. The van der Waals surface area contributed by atoms with Crippen molar-refractivity contribution >= 4 is 6.09 Å². The summed E-state index contributed by atoms with van der Waals surface area (Å²) in [4.78, 5) is 10.5. The highest BCUT2D eigenvalue weighted by Gasteiger charge is 2.30. The monoisotopic (exact) mass is 141 g/mol. The van der Waals surface area contributed by atoms with Gasteiger partial charge in [0, 0.05) is 0 Å². The average molecular weight is 141 g/mol. The summed E-state index contributed by atoms with van der Waals surface area (Å²) < 4.78 is 4.96. The van der Waals surface area contributed by atoms with Crippen LogP contribution in [0.4, 0.5) is 4.79 Å². The van der Waals surface area contributed by atoms with E-state index in [0.29, 0.717) is 0 Å². The molecule has 0 radical (unpaired) electrons. The molecule has 0 unspecified atom stereocenters. The number of rotatable bonds is 2. The van der Waals surface area contributed by atoms with E-state index < -0.39 is 0 Å². The van der Waals surface area contributed by atoms with Crippen LogP contribution in [0.5, 0.6) is 0 Å². The summed E-state index contributed by atoms with van der Waals surface area (Å²) in [6.45, 7) is 0.718. The fourth-order valence-electron chi connectivity index (χ4n) is 1.29. The van der Waals surface area contributed by atoms with Crippen molar-refractivity contribution in [2.45, 2.75) is 25.4 Å². The molecule has 1 aliphatic heterocycles. The fourth-order valence-corrected chi connectivity index (χ4v) is 1.29. The third-order valence-electron chi connectivity index (χ3n) is 2.04. The highest BCUT2D eigenvalue weighted by atomic mass is 16.6. The fraction of sp³-hybridized carbons (Fsp3) is 0.857. The van der Waals surface area contributed by atoms with Crippen LogP contribution in [0.25, 0.3) is 0 Å². The lowest BCUT2D eigenvalue weighted by atomic mass is 10.2. The lowest BCUT2D eigenvalue weighted by Gasteiger charge is -2.03. The summed E-state index contributed by atoms with van der Waals surface area (Å²) in [5.41, 5.74) is 0. The molecule has 10 heavy (non-hydrogen) atoms. The second-order valence-electron chi connectivity index (χ2n) is 3.09. The van der Waals surface area contributed by atoms with Gasteiger partial charge >= 0.3 is 6.09 Å². The molecule has 0 aromatic heterocycles. The molecule has 3 nitrogen and oxygen atoms in total. The maximum absolute atomic E-state index is 10.5. The molecule has 3 heteroatoms. The largest absolute Gasteiger partial charge is 0.444 e. The van der Waals surface area contributed by atoms with Crippen LogP contribution in [0.1, 0.15) is 19.3 Å². The van der Waals surface area contributed by atoms with Crippen LogP contribution in [0.2, 0.25) is 0 Å². The summed E-state index contributed by atoms with van der Waals surface area (Å²) in [7, 11) is 0. The minimum Gasteiger partial charge on any atom is -0.444 e. The molecular formula is C7H11NO2. The summed E-state index contributed by atoms with van der Waals surface area (Å²) in [5, 5.41) is 2.64. The van der Waals surface area contributed by atoms with Crippen molar-refractivity contribution in [3.05, 3.63) is 0 Å². The summed E-state index contributed by atoms with van der Waals surface area (Å²) in [6, 6.07) is 0. The minimum atomic E-state index is -0.245. The van der Waals surface area contributed by atoms with Crippen LogP contribution in [-0.4, -0.2) is 18.7 Å². The first kappa shape index (κ1) is 6.01. The Kier molecular flexibility index (Phi) is 1.29. The van der Waals surface area contributed by atoms with Crippen molar-refractivity contribution in [3.63, 3.8) is 0 Å². The zero-order valence-electron chi connectivity index (χ0n) is 5.80. The van der Waals surface area contributed by atoms with Crippen molar-refractivity contribution in [3.8, 4) is 0 Å². The minimum absolute atomic E-state index is 0.167. The van der Waals surface area contributed by atoms with E-state index in [4.69, 9.17) is 4.74 Å². The van der Waals surface area contributed by atoms with E-state index in [2.05, 4.69) is 5.32 Å². The van der Waals surface area contributed by atoms with Gasteiger partial charge in [-0.3, -0.25) is 0 Å². The first-order valence-electron chi connectivity index (χ1n) is 3.79. The zero-order valence-corrected chi connectivity index (χ0v) is 5.80. The average Bonchev–Trinajstić information content (AvgIpc) is 2.59. The predicted octanol–water partition coefficient (Wildman–Crippen LogP) is 0.895. The van der Waals surface area contributed by atoms with E-state index in [9.17, 15) is 4.79 Å². The molecule has 1 N–H and O–H groups in total. The van der Waals surface area contributed by atoms with Gasteiger partial charge < -0.3 is 10.1 Å². The smallest absolute Gasteiger partial charge is 0.407 e. The third kappa shape index (κ3) is 1.23. The van der Waals surface area contributed by atoms with Gasteiger partial charge in [-0.05, 0) is 12.3 Å². The van der Waals surface area contributed by atoms with Crippen molar-refractivity contribution in [2.24, 2.45) is 5.92 Å². The van der Waals surface area contributed by atoms with Gasteiger partial charge in [-0.15, -0.1) is 0 Å². The van der Waals surface area contributed by atoms with E-state index in [1.54, 1.807) is 0 Å². The Labute approximate surface area is 59.7 Å². The van der Waals surface area contributed by atoms with Gasteiger partial charge in [0.15, 0.2) is 0 Å². The van der Waals surface area contributed by atoms with E-state index >= 15 is 0 Å². The standard InChI is InChI=1S/C7H11NO2/c9-7-8-4-6(10-7)3-5-1-2-5/h5-6H,1-4H2,(H,8,9)/t6-/m0/s1. The summed E-state index contributed by atoms with van der Waals surface area (Å²) in [6.07, 6.45) is 3.64. The molecule has 1 saturated heterocycles. The van der Waals surface area contributed by atoms with E-state index in [1.165, 1.54) is 12.8 Å². The zero-order chi connectivity index (χ0) is 6.97. The van der Waals surface area contributed by atoms with Crippen molar-refractivity contribution in [2.75, 3.05) is 6.54 Å². The van der Waals surface area contributed by atoms with Crippen molar-refractivity contribution < 1.29 is 9.53 Å². The number of carbonyl (C=O) groups excluding carboxylic acids is 1. The van der Waals surface area contributed by atoms with Crippen LogP contribution >= 0.6 is 0 Å². The van der Waals surface area contributed by atoms with E-state index in [-0.39, 0.29) is 12.2 Å². The van der Waals surface area contributed by atoms with Gasteiger partial charge in [-0.1, -0.05) is 12.8 Å². The molecule has 2 fully saturated rings. The molecule has 2 rings (SSSR count). The number of alkyl carbamates (subject to hydrolysis) is 1. The number of hydrogen-bond acceptors (Lipinski definition) is 2. The Morgan fingerprint density at radius 2 is 2.40 bits per heavy atom. The lowest BCUT2D eigenvalue weighted by molar-refractivity contribution is 0.133. The first-order chi connectivity index (χ1) is 4.84. The number of amides is 1. The van der Waals surface area contributed by atoms with Gasteiger partial charge in [0.25, 0.3) is 0 Å². The molecule has 0 spiro atoms. The van der Waals surface area contributed by atoms with Crippen LogP contribution in [0, 0.1) is 5.92 Å². The molecule has 1 heterocycles. The first-order valence-corrected chi connectivity index (χ1v) is 3.79. The van der Waals surface area contributed by atoms with Crippen LogP contribution < -0.4 is 5.32 Å². The van der Waals surface area contributed by atoms with Gasteiger partial charge in [-0.2, -0.15) is 0 Å². The molecule has 0 aromatic carbocycles. The molecule has 1 saturated carbocycles. The number of nitrogens with one attached hydrogen (secondary N) is 1. The highest BCUT2D eigenvalue weighted by molar-refractivity contribution is 5.69.